The van der Waals surface area contributed by atoms with Crippen molar-refractivity contribution in [2.75, 3.05) is 19.6 Å². The van der Waals surface area contributed by atoms with Gasteiger partial charge in [0.2, 0.25) is 5.95 Å². The molecule has 100 valence electrons. The zero-order valence-corrected chi connectivity index (χ0v) is 10.5. The van der Waals surface area contributed by atoms with E-state index in [4.69, 9.17) is 20.1 Å². The van der Waals surface area contributed by atoms with E-state index >= 15 is 0 Å². The molecule has 0 aliphatic rings. The summed E-state index contributed by atoms with van der Waals surface area (Å²) in [6.45, 7) is 0. The number of hydrazine groups is 1. The molecule has 1 heterocycles. The van der Waals surface area contributed by atoms with Gasteiger partial charge in [0, 0.05) is 0 Å². The van der Waals surface area contributed by atoms with Gasteiger partial charge in [0.15, 0.2) is 0 Å². The van der Waals surface area contributed by atoms with Crippen LogP contribution in [0.4, 0.5) is 5.95 Å². The van der Waals surface area contributed by atoms with Gasteiger partial charge >= 0.3 is 12.0 Å². The maximum Gasteiger partial charge on any atom is 0.330 e. The molecule has 3 N–H and O–H groups in total. The summed E-state index contributed by atoms with van der Waals surface area (Å²) in [6, 6.07) is 7.15. The van der Waals surface area contributed by atoms with E-state index in [-0.39, 0.29) is 18.0 Å². The lowest BCUT2D eigenvalue weighted by molar-refractivity contribution is 0.359. The molecule has 0 aliphatic carbocycles. The minimum absolute atomic E-state index is 0.0740. The van der Waals surface area contributed by atoms with Crippen LogP contribution in [-0.4, -0.2) is 29.2 Å². The Labute approximate surface area is 109 Å². The summed E-state index contributed by atoms with van der Waals surface area (Å²) in [5, 5.41) is 0. The quantitative estimate of drug-likeness (QED) is 0.607. The number of nitrogens with zero attached hydrogens (tertiary/aromatic N) is 3. The van der Waals surface area contributed by atoms with E-state index in [9.17, 15) is 0 Å². The Hall–Kier alpha value is -2.61. The van der Waals surface area contributed by atoms with Crippen molar-refractivity contribution in [1.82, 2.24) is 15.0 Å². The molecular formula is C11H13N5O3. The highest BCUT2D eigenvalue weighted by molar-refractivity contribution is 5.33. The Morgan fingerprint density at radius 2 is 1.53 bits per heavy atom. The van der Waals surface area contributed by atoms with Crippen molar-refractivity contribution in [3.63, 3.8) is 0 Å². The summed E-state index contributed by atoms with van der Waals surface area (Å²) < 4.78 is 15.4. The molecule has 0 saturated heterocycles. The van der Waals surface area contributed by atoms with Crippen molar-refractivity contribution in [3.05, 3.63) is 24.3 Å². The number of anilines is 1. The lowest BCUT2D eigenvalue weighted by Crippen LogP contribution is -2.12. The fourth-order valence-electron chi connectivity index (χ4n) is 1.29. The lowest BCUT2D eigenvalue weighted by atomic mass is 10.3. The molecule has 2 aromatic rings. The second-order valence-corrected chi connectivity index (χ2v) is 3.35. The number of nitrogen functional groups attached to an aromatic ring is 1. The van der Waals surface area contributed by atoms with E-state index in [2.05, 4.69) is 20.4 Å². The largest absolute Gasteiger partial charge is 0.497 e. The van der Waals surface area contributed by atoms with Gasteiger partial charge in [0.05, 0.1) is 14.2 Å². The minimum Gasteiger partial charge on any atom is -0.497 e. The summed E-state index contributed by atoms with van der Waals surface area (Å²) in [5.41, 5.74) is 2.30. The molecule has 0 fully saturated rings. The number of nitrogens with one attached hydrogen (secondary N) is 1. The number of hydrogen-bond donors (Lipinski definition) is 2. The summed E-state index contributed by atoms with van der Waals surface area (Å²) in [7, 11) is 3.03. The van der Waals surface area contributed by atoms with Crippen LogP contribution in [-0.2, 0) is 0 Å². The third-order valence-electron chi connectivity index (χ3n) is 2.17. The first kappa shape index (κ1) is 12.8. The normalized spacial score (nSPS) is 9.84. The average Bonchev–Trinajstić information content (AvgIpc) is 2.47. The first-order chi connectivity index (χ1) is 9.25. The van der Waals surface area contributed by atoms with Crippen LogP contribution in [0.2, 0.25) is 0 Å². The summed E-state index contributed by atoms with van der Waals surface area (Å²) >= 11 is 0. The predicted octanol–water partition coefficient (Wildman–Crippen LogP) is 0.967. The van der Waals surface area contributed by atoms with Crippen molar-refractivity contribution in [3.8, 4) is 23.5 Å². The molecule has 0 aliphatic heterocycles. The topological polar surface area (TPSA) is 104 Å². The highest BCUT2D eigenvalue weighted by Crippen LogP contribution is 2.22. The fraction of sp³-hybridized carbons (Fsp3) is 0.182. The first-order valence-electron chi connectivity index (χ1n) is 5.33. The number of methoxy groups -OCH3 is 2. The third kappa shape index (κ3) is 3.19. The SMILES string of the molecule is COc1ccc(Oc2nc(NN)nc(OC)n2)cc1. The Morgan fingerprint density at radius 3 is 2.11 bits per heavy atom. The number of nitrogens with two attached hydrogens (primary N) is 1. The molecule has 1 aromatic heterocycles. The smallest absolute Gasteiger partial charge is 0.330 e. The Bertz CT molecular complexity index is 524. The van der Waals surface area contributed by atoms with Gasteiger partial charge in [-0.2, -0.15) is 9.97 Å². The van der Waals surface area contributed by atoms with E-state index in [0.29, 0.717) is 5.75 Å². The summed E-state index contributed by atoms with van der Waals surface area (Å²) in [4.78, 5) is 11.7. The van der Waals surface area contributed by atoms with Crippen molar-refractivity contribution >= 4 is 5.95 Å². The van der Waals surface area contributed by atoms with Crippen molar-refractivity contribution in [2.24, 2.45) is 5.84 Å². The molecule has 8 nitrogen and oxygen atoms in total. The Balaban J connectivity index is 2.21. The summed E-state index contributed by atoms with van der Waals surface area (Å²) in [6.07, 6.45) is 0. The van der Waals surface area contributed by atoms with Gasteiger partial charge in [-0.15, -0.1) is 4.98 Å². The molecule has 2 rings (SSSR count). The maximum absolute atomic E-state index is 5.47. The van der Waals surface area contributed by atoms with Crippen LogP contribution in [0.25, 0.3) is 0 Å². The predicted molar refractivity (Wildman–Crippen MR) is 67.3 cm³/mol. The van der Waals surface area contributed by atoms with Crippen LogP contribution in [0.15, 0.2) is 24.3 Å². The van der Waals surface area contributed by atoms with Gasteiger partial charge in [0.1, 0.15) is 11.5 Å². The molecule has 0 spiro atoms. The minimum atomic E-state index is 0.0740. The number of benzene rings is 1. The number of rotatable bonds is 5. The molecule has 19 heavy (non-hydrogen) atoms. The van der Waals surface area contributed by atoms with E-state index in [1.54, 1.807) is 31.4 Å². The molecule has 0 bridgehead atoms. The number of ether oxygens (including phenoxy) is 3. The van der Waals surface area contributed by atoms with Crippen LogP contribution in [0, 0.1) is 0 Å². The van der Waals surface area contributed by atoms with Gasteiger partial charge in [0.25, 0.3) is 0 Å². The van der Waals surface area contributed by atoms with Gasteiger partial charge in [-0.05, 0) is 24.3 Å². The Morgan fingerprint density at radius 1 is 0.895 bits per heavy atom. The van der Waals surface area contributed by atoms with Crippen LogP contribution < -0.4 is 25.5 Å². The number of aromatic nitrogens is 3. The second-order valence-electron chi connectivity index (χ2n) is 3.35. The van der Waals surface area contributed by atoms with Gasteiger partial charge < -0.3 is 14.2 Å². The van der Waals surface area contributed by atoms with Crippen LogP contribution in [0.1, 0.15) is 0 Å². The molecule has 0 unspecified atom stereocenters. The van der Waals surface area contributed by atoms with Gasteiger partial charge in [-0.3, -0.25) is 5.43 Å². The van der Waals surface area contributed by atoms with E-state index in [1.165, 1.54) is 7.11 Å². The van der Waals surface area contributed by atoms with Gasteiger partial charge in [-0.25, -0.2) is 5.84 Å². The molecule has 0 atom stereocenters. The fourth-order valence-corrected chi connectivity index (χ4v) is 1.29. The van der Waals surface area contributed by atoms with E-state index < -0.39 is 0 Å². The van der Waals surface area contributed by atoms with E-state index in [0.717, 1.165) is 5.75 Å². The average molecular weight is 263 g/mol. The lowest BCUT2D eigenvalue weighted by Gasteiger charge is -2.07. The summed E-state index contributed by atoms with van der Waals surface area (Å²) in [5.74, 6) is 6.67. The first-order valence-corrected chi connectivity index (χ1v) is 5.33. The van der Waals surface area contributed by atoms with Gasteiger partial charge in [-0.1, -0.05) is 0 Å². The molecule has 0 radical (unpaired) electrons. The molecule has 8 heteroatoms. The highest BCUT2D eigenvalue weighted by Gasteiger charge is 2.08. The zero-order valence-electron chi connectivity index (χ0n) is 10.5. The second kappa shape index (κ2) is 5.83. The highest BCUT2D eigenvalue weighted by atomic mass is 16.5. The van der Waals surface area contributed by atoms with Crippen LogP contribution in [0.3, 0.4) is 0 Å². The van der Waals surface area contributed by atoms with Crippen molar-refractivity contribution < 1.29 is 14.2 Å². The third-order valence-corrected chi connectivity index (χ3v) is 2.17. The van der Waals surface area contributed by atoms with E-state index in [1.807, 2.05) is 0 Å². The van der Waals surface area contributed by atoms with Crippen molar-refractivity contribution in [1.29, 1.82) is 0 Å². The maximum atomic E-state index is 5.47. The molecule has 1 aromatic carbocycles. The molecular weight excluding hydrogens is 250 g/mol. The monoisotopic (exact) mass is 263 g/mol. The Kier molecular flexibility index (Phi) is 3.94. The standard InChI is InChI=1S/C11H13N5O3/c1-17-7-3-5-8(6-4-7)19-11-14-9(16-12)13-10(15-11)18-2/h3-6H,12H2,1-2H3,(H,13,14,15,16). The zero-order chi connectivity index (χ0) is 13.7. The van der Waals surface area contributed by atoms with Crippen molar-refractivity contribution in [2.45, 2.75) is 0 Å². The van der Waals surface area contributed by atoms with Crippen LogP contribution in [0.5, 0.6) is 23.5 Å². The molecule has 0 saturated carbocycles. The van der Waals surface area contributed by atoms with Crippen LogP contribution >= 0.6 is 0 Å². The molecule has 0 amide bonds. The number of hydrogen-bond acceptors (Lipinski definition) is 8.